The van der Waals surface area contributed by atoms with Gasteiger partial charge in [0, 0.05) is 62.8 Å². The quantitative estimate of drug-likeness (QED) is 0.189. The average Bonchev–Trinajstić information content (AvgIpc) is 4.12. The summed E-state index contributed by atoms with van der Waals surface area (Å²) in [6, 6.07) is 10.8. The Morgan fingerprint density at radius 2 is 1.21 bits per heavy atom. The molecule has 2 aromatic carbocycles. The Kier molecular flexibility index (Phi) is 12.1. The maximum absolute atomic E-state index is 12.1. The number of carbonyl (C=O) groups excluding carboxylic acids is 2. The number of amides is 2. The first-order valence-corrected chi connectivity index (χ1v) is 23.3. The van der Waals surface area contributed by atoms with Crippen LogP contribution in [0.15, 0.2) is 58.8 Å². The number of alkyl carbamates (subject to hydrolysis) is 1. The molecular weight excluding hydrogens is 851 g/mol. The minimum Gasteiger partial charge on any atom is -0.478 e. The van der Waals surface area contributed by atoms with Crippen molar-refractivity contribution in [1.82, 2.24) is 25.3 Å². The molecule has 10 rings (SSSR count). The number of hydrogen-bond donors (Lipinski definition) is 4. The number of rotatable bonds is 7. The number of amidine groups is 2. The van der Waals surface area contributed by atoms with Crippen LogP contribution in [0.5, 0.6) is 0 Å². The number of nitrogens with one attached hydrogen (secondary N) is 1. The molecule has 0 aliphatic carbocycles. The third-order valence-corrected chi connectivity index (χ3v) is 14.0. The number of aromatic nitrogens is 4. The Bertz CT molecular complexity index is 2660. The number of hydrogen-bond acceptors (Lipinski definition) is 15. The van der Waals surface area contributed by atoms with Crippen molar-refractivity contribution >= 4 is 52.7 Å². The lowest BCUT2D eigenvalue weighted by Gasteiger charge is -2.40. The van der Waals surface area contributed by atoms with Crippen LogP contribution in [0.25, 0.3) is 0 Å². The fourth-order valence-electron chi connectivity index (χ4n) is 9.67. The van der Waals surface area contributed by atoms with Gasteiger partial charge in [0.25, 0.3) is 0 Å². The monoisotopic (exact) mass is 911 g/mol. The third-order valence-electron chi connectivity index (χ3n) is 14.0. The van der Waals surface area contributed by atoms with Crippen LogP contribution in [-0.2, 0) is 30.7 Å². The smallest absolute Gasteiger partial charge is 0.407 e. The second-order valence-electron chi connectivity index (χ2n) is 20.1. The zero-order valence-corrected chi connectivity index (χ0v) is 39.1. The van der Waals surface area contributed by atoms with Gasteiger partial charge in [-0.15, -0.1) is 0 Å². The molecule has 6 N–H and O–H groups in total. The van der Waals surface area contributed by atoms with E-state index in [0.29, 0.717) is 30.8 Å². The number of carbonyl (C=O) groups is 3. The van der Waals surface area contributed by atoms with Gasteiger partial charge in [0.1, 0.15) is 28.6 Å². The van der Waals surface area contributed by atoms with Crippen molar-refractivity contribution in [3.05, 3.63) is 93.8 Å². The Morgan fingerprint density at radius 1 is 0.731 bits per heavy atom. The predicted molar refractivity (Wildman–Crippen MR) is 257 cm³/mol. The molecule has 2 amide bonds. The van der Waals surface area contributed by atoms with Crippen molar-refractivity contribution in [3.8, 4) is 0 Å². The molecule has 2 fully saturated rings. The average molecular weight is 912 g/mol. The van der Waals surface area contributed by atoms with Gasteiger partial charge in [-0.05, 0) is 124 Å². The summed E-state index contributed by atoms with van der Waals surface area (Å²) in [5, 5.41) is 12.2. The molecule has 6 aliphatic rings. The summed E-state index contributed by atoms with van der Waals surface area (Å²) in [6.07, 6.45) is 8.93. The summed E-state index contributed by atoms with van der Waals surface area (Å²) >= 11 is 0. The van der Waals surface area contributed by atoms with Gasteiger partial charge in [0.2, 0.25) is 5.91 Å². The first kappa shape index (κ1) is 45.5. The zero-order chi connectivity index (χ0) is 47.3. The van der Waals surface area contributed by atoms with E-state index in [-0.39, 0.29) is 16.9 Å². The first-order chi connectivity index (χ1) is 32.0. The SMILES string of the molecule is CC1(CN)CCN(c2cnc3c(n2)CN=C3N2CCc3cc(C(N)=O)ccc32)CC1.CC1(CNC(=O)OC(C)(C)C)CCN(c2cnc3c(n2)CN=C3N2CCc3cc(C(=O)O)ccc32)CC1. The van der Waals surface area contributed by atoms with Crippen molar-refractivity contribution in [2.24, 2.45) is 32.3 Å². The maximum Gasteiger partial charge on any atom is 0.407 e. The van der Waals surface area contributed by atoms with Gasteiger partial charge in [0.15, 0.2) is 11.7 Å². The highest BCUT2D eigenvalue weighted by Crippen LogP contribution is 2.37. The summed E-state index contributed by atoms with van der Waals surface area (Å²) < 4.78 is 5.37. The number of carboxylic acids is 1. The fraction of sp³-hybridized carbons (Fsp3) is 0.490. The van der Waals surface area contributed by atoms with Crippen molar-refractivity contribution in [1.29, 1.82) is 0 Å². The van der Waals surface area contributed by atoms with Crippen LogP contribution in [0.4, 0.5) is 27.8 Å². The van der Waals surface area contributed by atoms with Gasteiger partial charge in [-0.2, -0.15) is 0 Å². The van der Waals surface area contributed by atoms with Gasteiger partial charge in [-0.3, -0.25) is 14.8 Å². The number of carboxylic acid groups (broad SMARTS) is 1. The topological polar surface area (TPSA) is 234 Å². The minimum atomic E-state index is -0.916. The number of benzene rings is 2. The summed E-state index contributed by atoms with van der Waals surface area (Å²) in [5.74, 6) is 2.13. The van der Waals surface area contributed by atoms with E-state index in [1.165, 1.54) is 0 Å². The van der Waals surface area contributed by atoms with Crippen LogP contribution >= 0.6 is 0 Å². The lowest BCUT2D eigenvalue weighted by molar-refractivity contribution is 0.0494. The standard InChI is InChI=1S/C27H34N6O4.C22H27N7O/c1-26(2,3)37-25(36)30-16-27(4)8-11-32(12-9-27)21-15-28-22-19(31-21)14-29-23(22)33-10-7-17-13-18(24(34)35)5-6-20(17)33;1-22(13-23)5-8-28(9-6-22)18-12-25-19-16(27-18)11-26-21(19)29-7-4-14-10-15(20(24)30)2-3-17(14)29/h5-6,13,15H,7-12,14,16H2,1-4H3,(H,30,36)(H,34,35);2-3,10,12H,4-9,11,13,23H2,1H3,(H2,24,30). The summed E-state index contributed by atoms with van der Waals surface area (Å²) in [4.78, 5) is 72.5. The van der Waals surface area contributed by atoms with Crippen LogP contribution in [0.2, 0.25) is 0 Å². The highest BCUT2D eigenvalue weighted by molar-refractivity contribution is 6.13. The summed E-state index contributed by atoms with van der Waals surface area (Å²) in [5.41, 5.74) is 19.5. The largest absolute Gasteiger partial charge is 0.478 e. The van der Waals surface area contributed by atoms with Crippen molar-refractivity contribution in [2.75, 3.05) is 72.0 Å². The Labute approximate surface area is 390 Å². The van der Waals surface area contributed by atoms with Crippen LogP contribution in [0, 0.1) is 10.8 Å². The zero-order valence-electron chi connectivity index (χ0n) is 39.1. The number of ether oxygens (including phenoxy) is 1. The van der Waals surface area contributed by atoms with Crippen LogP contribution in [0.1, 0.15) is 115 Å². The van der Waals surface area contributed by atoms with Gasteiger partial charge >= 0.3 is 12.1 Å². The van der Waals surface area contributed by atoms with E-state index in [1.807, 2.05) is 51.4 Å². The Hall–Kier alpha value is -6.69. The molecule has 0 spiro atoms. The maximum atomic E-state index is 12.1. The number of primary amides is 1. The molecule has 2 saturated heterocycles. The molecule has 0 saturated carbocycles. The molecule has 0 bridgehead atoms. The van der Waals surface area contributed by atoms with Gasteiger partial charge in [-0.1, -0.05) is 13.8 Å². The molecule has 4 aromatic rings. The predicted octanol–water partition coefficient (Wildman–Crippen LogP) is 5.09. The fourth-order valence-corrected chi connectivity index (χ4v) is 9.67. The van der Waals surface area contributed by atoms with Crippen molar-refractivity contribution < 1.29 is 24.2 Å². The molecule has 18 nitrogen and oxygen atoms in total. The van der Waals surface area contributed by atoms with Gasteiger partial charge in [0.05, 0.1) is 42.4 Å². The molecule has 6 aliphatic heterocycles. The molecule has 18 heteroatoms. The van der Waals surface area contributed by atoms with E-state index in [2.05, 4.69) is 38.8 Å². The molecule has 352 valence electrons. The minimum absolute atomic E-state index is 0.00249. The van der Waals surface area contributed by atoms with Crippen LogP contribution in [0.3, 0.4) is 0 Å². The van der Waals surface area contributed by atoms with Gasteiger partial charge in [-0.25, -0.2) is 29.5 Å². The molecule has 0 radical (unpaired) electrons. The van der Waals surface area contributed by atoms with Crippen molar-refractivity contribution in [3.63, 3.8) is 0 Å². The van der Waals surface area contributed by atoms with E-state index in [0.717, 1.165) is 153 Å². The highest BCUT2D eigenvalue weighted by atomic mass is 16.6. The number of nitrogens with zero attached hydrogens (tertiary/aromatic N) is 10. The Balaban J connectivity index is 0.000000171. The molecule has 0 unspecified atom stereocenters. The summed E-state index contributed by atoms with van der Waals surface area (Å²) in [6.45, 7) is 17.5. The molecule has 67 heavy (non-hydrogen) atoms. The second-order valence-corrected chi connectivity index (χ2v) is 20.1. The third kappa shape index (κ3) is 9.48. The van der Waals surface area contributed by atoms with Gasteiger partial charge < -0.3 is 46.2 Å². The van der Waals surface area contributed by atoms with Crippen molar-refractivity contribution in [2.45, 2.75) is 91.8 Å². The lowest BCUT2D eigenvalue weighted by Crippen LogP contribution is -2.46. The van der Waals surface area contributed by atoms with Crippen LogP contribution < -0.4 is 36.4 Å². The number of aliphatic imine (C=N–C) groups is 2. The van der Waals surface area contributed by atoms with Crippen LogP contribution in [-0.4, -0.2) is 113 Å². The number of anilines is 4. The molecular formula is C49H61N13O5. The second kappa shape index (κ2) is 17.8. The van der Waals surface area contributed by atoms with E-state index in [1.54, 1.807) is 18.2 Å². The lowest BCUT2D eigenvalue weighted by atomic mass is 9.80. The summed E-state index contributed by atoms with van der Waals surface area (Å²) in [7, 11) is 0. The van der Waals surface area contributed by atoms with E-state index >= 15 is 0 Å². The number of nitrogens with two attached hydrogens (primary N) is 2. The highest BCUT2D eigenvalue weighted by Gasteiger charge is 2.36. The van der Waals surface area contributed by atoms with E-state index in [9.17, 15) is 19.5 Å². The van der Waals surface area contributed by atoms with E-state index < -0.39 is 17.5 Å². The number of aromatic carboxylic acids is 1. The molecule has 8 heterocycles. The molecule has 0 atom stereocenters. The molecule has 2 aromatic heterocycles. The van der Waals surface area contributed by atoms with E-state index in [4.69, 9.17) is 46.1 Å². The Morgan fingerprint density at radius 3 is 1.67 bits per heavy atom. The number of piperidine rings is 2. The normalized spacial score (nSPS) is 18.8. The number of fused-ring (bicyclic) bond motifs is 4. The first-order valence-electron chi connectivity index (χ1n) is 23.3.